The second-order valence-electron chi connectivity index (χ2n) is 4.27. The van der Waals surface area contributed by atoms with E-state index in [1.807, 2.05) is 36.4 Å². The summed E-state index contributed by atoms with van der Waals surface area (Å²) in [7, 11) is 1.50. The summed E-state index contributed by atoms with van der Waals surface area (Å²) in [6, 6.07) is 12.9. The Kier molecular flexibility index (Phi) is 4.81. The Balaban J connectivity index is 2.09. The normalized spacial score (nSPS) is 11.9. The average Bonchev–Trinajstić information content (AvgIpc) is 2.50. The van der Waals surface area contributed by atoms with Gasteiger partial charge in [0.1, 0.15) is 5.82 Å². The molecule has 3 N–H and O–H groups in total. The third-order valence-electron chi connectivity index (χ3n) is 2.89. The predicted octanol–water partition coefficient (Wildman–Crippen LogP) is 1.87. The van der Waals surface area contributed by atoms with Crippen molar-refractivity contribution in [2.24, 2.45) is 5.73 Å². The number of nitrogens with zero attached hydrogens (tertiary/aromatic N) is 1. The summed E-state index contributed by atoms with van der Waals surface area (Å²) in [6.45, 7) is 0.423. The van der Waals surface area contributed by atoms with Gasteiger partial charge in [0.05, 0.1) is 0 Å². The van der Waals surface area contributed by atoms with Crippen LogP contribution in [-0.4, -0.2) is 18.0 Å². The maximum absolute atomic E-state index is 12.2. The number of nitrogens with two attached hydrogens (primary N) is 1. The first-order chi connectivity index (χ1) is 9.74. The van der Waals surface area contributed by atoms with Crippen LogP contribution in [0, 0.1) is 0 Å². The van der Waals surface area contributed by atoms with Crippen LogP contribution < -0.4 is 11.1 Å². The minimum atomic E-state index is -0.660. The number of benzene rings is 1. The molecule has 0 aliphatic heterocycles. The standard InChI is InChI=1S/C15H17N3O2/c1-20-14(12-5-3-2-4-6-12)15(19)18-13-8-7-11(9-16)10-17-13/h2-8,10,14H,9,16H2,1H3,(H,17,18,19). The van der Waals surface area contributed by atoms with Crippen molar-refractivity contribution < 1.29 is 9.53 Å². The topological polar surface area (TPSA) is 77.2 Å². The lowest BCUT2D eigenvalue weighted by Crippen LogP contribution is -2.23. The third-order valence-corrected chi connectivity index (χ3v) is 2.89. The van der Waals surface area contributed by atoms with E-state index < -0.39 is 6.10 Å². The van der Waals surface area contributed by atoms with Crippen molar-refractivity contribution >= 4 is 11.7 Å². The van der Waals surface area contributed by atoms with Crippen molar-refractivity contribution in [2.75, 3.05) is 12.4 Å². The molecular formula is C15H17N3O2. The fraction of sp³-hybridized carbons (Fsp3) is 0.200. The van der Waals surface area contributed by atoms with Gasteiger partial charge in [0.25, 0.3) is 5.91 Å². The molecule has 0 radical (unpaired) electrons. The number of hydrogen-bond acceptors (Lipinski definition) is 4. The summed E-state index contributed by atoms with van der Waals surface area (Å²) < 4.78 is 5.26. The van der Waals surface area contributed by atoms with Gasteiger partial charge in [-0.1, -0.05) is 36.4 Å². The maximum atomic E-state index is 12.2. The van der Waals surface area contributed by atoms with Crippen molar-refractivity contribution in [3.8, 4) is 0 Å². The molecule has 2 rings (SSSR count). The molecule has 20 heavy (non-hydrogen) atoms. The maximum Gasteiger partial charge on any atom is 0.259 e. The van der Waals surface area contributed by atoms with Crippen LogP contribution in [-0.2, 0) is 16.1 Å². The summed E-state index contributed by atoms with van der Waals surface area (Å²) in [6.07, 6.45) is 0.979. The molecule has 0 saturated carbocycles. The van der Waals surface area contributed by atoms with E-state index in [4.69, 9.17) is 10.5 Å². The van der Waals surface area contributed by atoms with Crippen molar-refractivity contribution in [1.29, 1.82) is 0 Å². The molecule has 1 aromatic carbocycles. The molecule has 0 fully saturated rings. The summed E-state index contributed by atoms with van der Waals surface area (Å²) in [5.41, 5.74) is 7.21. The zero-order valence-electron chi connectivity index (χ0n) is 11.2. The molecular weight excluding hydrogens is 254 g/mol. The summed E-state index contributed by atoms with van der Waals surface area (Å²) in [5.74, 6) is 0.219. The molecule has 5 nitrogen and oxygen atoms in total. The first kappa shape index (κ1) is 14.2. The monoisotopic (exact) mass is 271 g/mol. The van der Waals surface area contributed by atoms with Gasteiger partial charge in [-0.15, -0.1) is 0 Å². The van der Waals surface area contributed by atoms with Gasteiger partial charge in [-0.2, -0.15) is 0 Å². The first-order valence-electron chi connectivity index (χ1n) is 6.28. The molecule has 1 heterocycles. The number of aromatic nitrogens is 1. The van der Waals surface area contributed by atoms with E-state index in [1.165, 1.54) is 7.11 Å². The number of carbonyl (C=O) groups is 1. The van der Waals surface area contributed by atoms with E-state index in [-0.39, 0.29) is 5.91 Å². The number of carbonyl (C=O) groups excluding carboxylic acids is 1. The average molecular weight is 271 g/mol. The fourth-order valence-electron chi connectivity index (χ4n) is 1.83. The summed E-state index contributed by atoms with van der Waals surface area (Å²) in [5, 5.41) is 2.73. The van der Waals surface area contributed by atoms with Gasteiger partial charge >= 0.3 is 0 Å². The summed E-state index contributed by atoms with van der Waals surface area (Å²) >= 11 is 0. The number of rotatable bonds is 5. The number of nitrogens with one attached hydrogen (secondary N) is 1. The minimum absolute atomic E-state index is 0.258. The molecule has 5 heteroatoms. The molecule has 0 spiro atoms. The molecule has 0 bridgehead atoms. The predicted molar refractivity (Wildman–Crippen MR) is 77.0 cm³/mol. The van der Waals surface area contributed by atoms with E-state index in [1.54, 1.807) is 12.3 Å². The van der Waals surface area contributed by atoms with Gasteiger partial charge in [-0.05, 0) is 17.2 Å². The van der Waals surface area contributed by atoms with Gasteiger partial charge in [0.2, 0.25) is 0 Å². The Morgan fingerprint density at radius 3 is 2.60 bits per heavy atom. The number of hydrogen-bond donors (Lipinski definition) is 2. The van der Waals surface area contributed by atoms with Crippen LogP contribution in [0.2, 0.25) is 0 Å². The first-order valence-corrected chi connectivity index (χ1v) is 6.28. The highest BCUT2D eigenvalue weighted by atomic mass is 16.5. The van der Waals surface area contributed by atoms with Crippen LogP contribution in [0.25, 0.3) is 0 Å². The van der Waals surface area contributed by atoms with Crippen LogP contribution in [0.1, 0.15) is 17.2 Å². The van der Waals surface area contributed by atoms with Crippen LogP contribution in [0.3, 0.4) is 0 Å². The van der Waals surface area contributed by atoms with Gasteiger partial charge in [0.15, 0.2) is 6.10 Å². The quantitative estimate of drug-likeness (QED) is 0.870. The van der Waals surface area contributed by atoms with Gasteiger partial charge in [-0.25, -0.2) is 4.98 Å². The van der Waals surface area contributed by atoms with E-state index in [9.17, 15) is 4.79 Å². The number of ether oxygens (including phenoxy) is 1. The van der Waals surface area contributed by atoms with E-state index in [2.05, 4.69) is 10.3 Å². The SMILES string of the molecule is COC(C(=O)Nc1ccc(CN)cn1)c1ccccc1. The smallest absolute Gasteiger partial charge is 0.259 e. The molecule has 1 aromatic heterocycles. The number of amides is 1. The van der Waals surface area contributed by atoms with Crippen LogP contribution >= 0.6 is 0 Å². The second-order valence-corrected chi connectivity index (χ2v) is 4.27. The van der Waals surface area contributed by atoms with Crippen molar-refractivity contribution in [2.45, 2.75) is 12.6 Å². The molecule has 104 valence electrons. The molecule has 0 aliphatic rings. The fourth-order valence-corrected chi connectivity index (χ4v) is 1.83. The van der Waals surface area contributed by atoms with Gasteiger partial charge in [0, 0.05) is 19.9 Å². The second kappa shape index (κ2) is 6.79. The molecule has 2 aromatic rings. The van der Waals surface area contributed by atoms with E-state index in [0.717, 1.165) is 11.1 Å². The molecule has 0 aliphatic carbocycles. The molecule has 1 amide bonds. The van der Waals surface area contributed by atoms with Crippen LogP contribution in [0.5, 0.6) is 0 Å². The number of pyridine rings is 1. The Morgan fingerprint density at radius 1 is 1.30 bits per heavy atom. The highest BCUT2D eigenvalue weighted by Crippen LogP contribution is 2.18. The molecule has 1 unspecified atom stereocenters. The van der Waals surface area contributed by atoms with Crippen molar-refractivity contribution in [3.63, 3.8) is 0 Å². The lowest BCUT2D eigenvalue weighted by molar-refractivity contribution is -0.126. The van der Waals surface area contributed by atoms with Crippen LogP contribution in [0.4, 0.5) is 5.82 Å². The zero-order chi connectivity index (χ0) is 14.4. The number of methoxy groups -OCH3 is 1. The van der Waals surface area contributed by atoms with E-state index >= 15 is 0 Å². The Morgan fingerprint density at radius 2 is 2.05 bits per heavy atom. The Bertz CT molecular complexity index is 555. The van der Waals surface area contributed by atoms with Gasteiger partial charge < -0.3 is 15.8 Å². The van der Waals surface area contributed by atoms with Crippen molar-refractivity contribution in [1.82, 2.24) is 4.98 Å². The largest absolute Gasteiger partial charge is 0.367 e. The Hall–Kier alpha value is -2.24. The summed E-state index contributed by atoms with van der Waals surface area (Å²) in [4.78, 5) is 16.3. The lowest BCUT2D eigenvalue weighted by Gasteiger charge is -2.15. The highest BCUT2D eigenvalue weighted by Gasteiger charge is 2.20. The minimum Gasteiger partial charge on any atom is -0.367 e. The van der Waals surface area contributed by atoms with Gasteiger partial charge in [-0.3, -0.25) is 4.79 Å². The zero-order valence-corrected chi connectivity index (χ0v) is 11.2. The van der Waals surface area contributed by atoms with Crippen molar-refractivity contribution in [3.05, 3.63) is 59.8 Å². The molecule has 1 atom stereocenters. The number of anilines is 1. The lowest BCUT2D eigenvalue weighted by atomic mass is 10.1. The molecule has 0 saturated heterocycles. The van der Waals surface area contributed by atoms with E-state index in [0.29, 0.717) is 12.4 Å². The third kappa shape index (κ3) is 3.40. The highest BCUT2D eigenvalue weighted by molar-refractivity contribution is 5.94. The Labute approximate surface area is 117 Å². The van der Waals surface area contributed by atoms with Crippen LogP contribution in [0.15, 0.2) is 48.7 Å².